The predicted molar refractivity (Wildman–Crippen MR) is 78.1 cm³/mol. The summed E-state index contributed by atoms with van der Waals surface area (Å²) >= 11 is 1.23. The van der Waals surface area contributed by atoms with Crippen LogP contribution in [0.4, 0.5) is 5.69 Å². The minimum Gasteiger partial charge on any atom is -0.325 e. The Labute approximate surface area is 120 Å². The smallest absolute Gasteiger partial charge is 0.244 e. The number of carbonyl (C=O) groups is 2. The third kappa shape index (κ3) is 3.87. The summed E-state index contributed by atoms with van der Waals surface area (Å²) in [5.74, 6) is 4.99. The van der Waals surface area contributed by atoms with E-state index in [0.29, 0.717) is 10.9 Å². The van der Waals surface area contributed by atoms with E-state index in [4.69, 9.17) is 5.84 Å². The molecule has 1 aromatic carbocycles. The monoisotopic (exact) mass is 300 g/mol. The number of halogens is 1. The van der Waals surface area contributed by atoms with Crippen LogP contribution in [0.25, 0.3) is 0 Å². The zero-order chi connectivity index (χ0) is 13.0. The van der Waals surface area contributed by atoms with E-state index in [0.717, 1.165) is 0 Å². The summed E-state index contributed by atoms with van der Waals surface area (Å²) in [6.07, 6.45) is 0. The maximum atomic E-state index is 11.8. The lowest BCUT2D eigenvalue weighted by molar-refractivity contribution is -0.128. The van der Waals surface area contributed by atoms with E-state index in [1.807, 2.05) is 18.2 Å². The number of hydrogen-bond donors (Lipinski definition) is 2. The van der Waals surface area contributed by atoms with Gasteiger partial charge in [-0.05, 0) is 12.1 Å². The highest BCUT2D eigenvalue weighted by molar-refractivity contribution is 8.15. The van der Waals surface area contributed by atoms with Crippen molar-refractivity contribution in [3.8, 4) is 0 Å². The fourth-order valence-electron chi connectivity index (χ4n) is 1.52. The van der Waals surface area contributed by atoms with Crippen molar-refractivity contribution in [2.45, 2.75) is 0 Å². The van der Waals surface area contributed by atoms with E-state index >= 15 is 0 Å². The Kier molecular flexibility index (Phi) is 5.65. The van der Waals surface area contributed by atoms with Gasteiger partial charge in [0.1, 0.15) is 6.54 Å². The number of nitrogens with zero attached hydrogens (tertiary/aromatic N) is 2. The first-order valence-corrected chi connectivity index (χ1v) is 6.25. The highest BCUT2D eigenvalue weighted by atomic mass is 35.5. The lowest BCUT2D eigenvalue weighted by atomic mass is 10.3. The fraction of sp³-hybridized carbons (Fsp3) is 0.182. The summed E-state index contributed by atoms with van der Waals surface area (Å²) < 4.78 is 0. The second-order valence-corrected chi connectivity index (χ2v) is 4.54. The summed E-state index contributed by atoms with van der Waals surface area (Å²) in [6.45, 7) is -0.0727. The Hall–Kier alpha value is -1.73. The number of benzene rings is 1. The van der Waals surface area contributed by atoms with Crippen LogP contribution < -0.4 is 11.2 Å². The number of hydrazone groups is 1. The van der Waals surface area contributed by atoms with E-state index in [-0.39, 0.29) is 36.5 Å². The summed E-state index contributed by atoms with van der Waals surface area (Å²) in [4.78, 5) is 24.6. The second-order valence-electron chi connectivity index (χ2n) is 3.59. The topological polar surface area (TPSA) is 87.8 Å². The number of amidine groups is 1. The number of nitrogens with two attached hydrogens (primary N) is 1. The van der Waals surface area contributed by atoms with Crippen LogP contribution >= 0.6 is 24.2 Å². The molecule has 0 aromatic heterocycles. The number of anilines is 1. The normalized spacial score (nSPS) is 16.3. The van der Waals surface area contributed by atoms with Gasteiger partial charge in [-0.3, -0.25) is 14.5 Å². The average Bonchev–Trinajstić information content (AvgIpc) is 2.72. The van der Waals surface area contributed by atoms with Crippen LogP contribution in [-0.2, 0) is 9.59 Å². The second kappa shape index (κ2) is 7.01. The molecule has 0 saturated carbocycles. The maximum Gasteiger partial charge on any atom is 0.244 e. The van der Waals surface area contributed by atoms with E-state index in [1.165, 1.54) is 16.7 Å². The molecule has 1 aliphatic heterocycles. The van der Waals surface area contributed by atoms with Gasteiger partial charge in [0, 0.05) is 5.69 Å². The van der Waals surface area contributed by atoms with Crippen LogP contribution in [0.1, 0.15) is 0 Å². The number of hydrogen-bond acceptors (Lipinski definition) is 5. The number of carbonyl (C=O) groups excluding carboxylic acids is 2. The lowest BCUT2D eigenvalue weighted by Gasteiger charge is -2.14. The molecule has 1 heterocycles. The molecule has 102 valence electrons. The summed E-state index contributed by atoms with van der Waals surface area (Å²) in [5.41, 5.74) is 0.688. The molecule has 1 aromatic rings. The standard InChI is InChI=1S/C11H12N4O2S.ClH/c12-14-11-15(10(17)7-18-11)6-9(16)13-8-4-2-1-3-5-8;/h1-5H,6-7,12H2,(H,13,16);1H/b14-11-;. The molecule has 2 rings (SSSR count). The molecule has 3 N–H and O–H groups in total. The van der Waals surface area contributed by atoms with E-state index < -0.39 is 0 Å². The van der Waals surface area contributed by atoms with Gasteiger partial charge in [0.05, 0.1) is 5.75 Å². The van der Waals surface area contributed by atoms with Crippen molar-refractivity contribution in [1.82, 2.24) is 4.90 Å². The zero-order valence-corrected chi connectivity index (χ0v) is 11.5. The van der Waals surface area contributed by atoms with Crippen molar-refractivity contribution in [3.63, 3.8) is 0 Å². The van der Waals surface area contributed by atoms with Gasteiger partial charge >= 0.3 is 0 Å². The fourth-order valence-corrected chi connectivity index (χ4v) is 2.32. The van der Waals surface area contributed by atoms with E-state index in [2.05, 4.69) is 10.4 Å². The molecule has 1 aliphatic rings. The number of para-hydroxylation sites is 1. The Balaban J connectivity index is 0.00000180. The Bertz CT molecular complexity index is 495. The van der Waals surface area contributed by atoms with Gasteiger partial charge < -0.3 is 11.2 Å². The number of rotatable bonds is 3. The highest BCUT2D eigenvalue weighted by Crippen LogP contribution is 2.18. The van der Waals surface area contributed by atoms with Crippen molar-refractivity contribution < 1.29 is 9.59 Å². The SMILES string of the molecule is Cl.N/N=C1\SCC(=O)N1CC(=O)Nc1ccccc1. The molecule has 19 heavy (non-hydrogen) atoms. The first-order chi connectivity index (χ1) is 8.70. The van der Waals surface area contributed by atoms with Crippen molar-refractivity contribution in [1.29, 1.82) is 0 Å². The van der Waals surface area contributed by atoms with Crippen LogP contribution in [0, 0.1) is 0 Å². The minimum absolute atomic E-state index is 0. The molecular weight excluding hydrogens is 288 g/mol. The van der Waals surface area contributed by atoms with Crippen molar-refractivity contribution >= 4 is 46.8 Å². The molecule has 6 nitrogen and oxygen atoms in total. The van der Waals surface area contributed by atoms with Gasteiger partial charge in [-0.15, -0.1) is 12.4 Å². The molecule has 1 saturated heterocycles. The van der Waals surface area contributed by atoms with E-state index in [9.17, 15) is 9.59 Å². The predicted octanol–water partition coefficient (Wildman–Crippen LogP) is 0.852. The minimum atomic E-state index is -0.279. The molecule has 2 amide bonds. The molecule has 8 heteroatoms. The molecule has 0 atom stereocenters. The number of thioether (sulfide) groups is 1. The average molecular weight is 301 g/mol. The van der Waals surface area contributed by atoms with Gasteiger partial charge in [-0.25, -0.2) is 0 Å². The van der Waals surface area contributed by atoms with Gasteiger partial charge in [0.2, 0.25) is 11.8 Å². The third-order valence-corrected chi connectivity index (χ3v) is 3.30. The first kappa shape index (κ1) is 15.3. The van der Waals surface area contributed by atoms with Crippen LogP contribution in [0.2, 0.25) is 0 Å². The molecule has 1 fully saturated rings. The summed E-state index contributed by atoms with van der Waals surface area (Å²) in [5, 5.41) is 6.56. The van der Waals surface area contributed by atoms with Crippen LogP contribution in [0.15, 0.2) is 35.4 Å². The van der Waals surface area contributed by atoms with Crippen LogP contribution in [0.3, 0.4) is 0 Å². The van der Waals surface area contributed by atoms with Crippen molar-refractivity contribution in [2.24, 2.45) is 10.9 Å². The molecule has 0 radical (unpaired) electrons. The van der Waals surface area contributed by atoms with Gasteiger partial charge in [0.15, 0.2) is 5.17 Å². The number of amides is 2. The molecular formula is C11H13ClN4O2S. The molecule has 0 spiro atoms. The largest absolute Gasteiger partial charge is 0.325 e. The van der Waals surface area contributed by atoms with Gasteiger partial charge in [0.25, 0.3) is 0 Å². The molecule has 0 aliphatic carbocycles. The quantitative estimate of drug-likeness (QED) is 0.640. The summed E-state index contributed by atoms with van der Waals surface area (Å²) in [6, 6.07) is 9.04. The Morgan fingerprint density at radius 3 is 2.74 bits per heavy atom. The van der Waals surface area contributed by atoms with E-state index in [1.54, 1.807) is 12.1 Å². The first-order valence-electron chi connectivity index (χ1n) is 5.26. The summed E-state index contributed by atoms with van der Waals surface area (Å²) in [7, 11) is 0. The third-order valence-electron chi connectivity index (χ3n) is 2.33. The van der Waals surface area contributed by atoms with Crippen molar-refractivity contribution in [2.75, 3.05) is 17.6 Å². The Morgan fingerprint density at radius 1 is 1.42 bits per heavy atom. The van der Waals surface area contributed by atoms with Crippen LogP contribution in [0.5, 0.6) is 0 Å². The van der Waals surface area contributed by atoms with Crippen molar-refractivity contribution in [3.05, 3.63) is 30.3 Å². The lowest BCUT2D eigenvalue weighted by Crippen LogP contribution is -2.37. The molecule has 0 unspecified atom stereocenters. The molecule has 0 bridgehead atoms. The van der Waals surface area contributed by atoms with Crippen LogP contribution in [-0.4, -0.2) is 34.2 Å². The Morgan fingerprint density at radius 2 is 2.11 bits per heavy atom. The van der Waals surface area contributed by atoms with Gasteiger partial charge in [-0.1, -0.05) is 30.0 Å². The maximum absolute atomic E-state index is 11.8. The van der Waals surface area contributed by atoms with Gasteiger partial charge in [-0.2, -0.15) is 5.10 Å². The highest BCUT2D eigenvalue weighted by Gasteiger charge is 2.29. The zero-order valence-electron chi connectivity index (χ0n) is 9.91. The number of nitrogens with one attached hydrogen (secondary N) is 1.